The first kappa shape index (κ1) is 16.5. The topological polar surface area (TPSA) is 76.4 Å². The van der Waals surface area contributed by atoms with Gasteiger partial charge in [0.1, 0.15) is 10.3 Å². The van der Waals surface area contributed by atoms with Crippen LogP contribution in [0.4, 0.5) is 4.39 Å². The first-order valence-corrected chi connectivity index (χ1v) is 7.97. The minimum Gasteiger partial charge on any atom is -0.459 e. The van der Waals surface area contributed by atoms with E-state index >= 15 is 0 Å². The van der Waals surface area contributed by atoms with Gasteiger partial charge in [-0.1, -0.05) is 23.2 Å². The third kappa shape index (κ3) is 3.49. The summed E-state index contributed by atoms with van der Waals surface area (Å²) >= 11 is 11.1. The quantitative estimate of drug-likeness (QED) is 0.846. The molecule has 116 valence electrons. The molecule has 9 heteroatoms. The number of sulfone groups is 1. The van der Waals surface area contributed by atoms with Crippen LogP contribution in [0.5, 0.6) is 0 Å². The summed E-state index contributed by atoms with van der Waals surface area (Å²) < 4.78 is 41.9. The predicted molar refractivity (Wildman–Crippen MR) is 78.5 cm³/mol. The summed E-state index contributed by atoms with van der Waals surface area (Å²) in [6, 6.07) is 6.76. The Morgan fingerprint density at radius 1 is 1.14 bits per heavy atom. The highest BCUT2D eigenvalue weighted by Gasteiger charge is 2.27. The maximum absolute atomic E-state index is 12.9. The van der Waals surface area contributed by atoms with Crippen molar-refractivity contribution < 1.29 is 22.0 Å². The minimum absolute atomic E-state index is 0.124. The van der Waals surface area contributed by atoms with Crippen molar-refractivity contribution in [3.05, 3.63) is 63.8 Å². The molecule has 22 heavy (non-hydrogen) atoms. The predicted octanol–water partition coefficient (Wildman–Crippen LogP) is 3.23. The van der Waals surface area contributed by atoms with Crippen molar-refractivity contribution in [3.8, 4) is 0 Å². The van der Waals surface area contributed by atoms with Crippen molar-refractivity contribution in [1.29, 1.82) is 0 Å². The van der Waals surface area contributed by atoms with E-state index in [2.05, 4.69) is 5.32 Å². The van der Waals surface area contributed by atoms with Crippen LogP contribution in [0.15, 0.2) is 61.5 Å². The first-order valence-electron chi connectivity index (χ1n) is 5.73. The Morgan fingerprint density at radius 3 is 2.27 bits per heavy atom. The van der Waals surface area contributed by atoms with Crippen molar-refractivity contribution in [2.24, 2.45) is 0 Å². The Hall–Kier alpha value is -1.83. The van der Waals surface area contributed by atoms with E-state index in [1.165, 1.54) is 18.4 Å². The number of carbonyl (C=O) groups excluding carboxylic acids is 1. The molecule has 1 heterocycles. The molecule has 0 radical (unpaired) electrons. The number of hydrogen-bond donors (Lipinski definition) is 1. The largest absolute Gasteiger partial charge is 0.459 e. The Kier molecular flexibility index (Phi) is 4.90. The van der Waals surface area contributed by atoms with E-state index in [1.807, 2.05) is 0 Å². The zero-order valence-corrected chi connectivity index (χ0v) is 13.0. The lowest BCUT2D eigenvalue weighted by molar-refractivity contribution is 0.0941. The summed E-state index contributed by atoms with van der Waals surface area (Å²) in [5, 5.41) is 1.35. The summed E-state index contributed by atoms with van der Waals surface area (Å²) in [7, 11) is -4.23. The lowest BCUT2D eigenvalue weighted by Gasteiger charge is -2.10. The molecule has 0 unspecified atom stereocenters. The molecule has 0 bridgehead atoms. The zero-order chi connectivity index (χ0) is 16.3. The Morgan fingerprint density at radius 2 is 1.77 bits per heavy atom. The van der Waals surface area contributed by atoms with E-state index in [-0.39, 0.29) is 10.7 Å². The van der Waals surface area contributed by atoms with Crippen LogP contribution in [0.2, 0.25) is 0 Å². The number of hydrogen-bond acceptors (Lipinski definition) is 4. The van der Waals surface area contributed by atoms with Gasteiger partial charge in [0, 0.05) is 0 Å². The fourth-order valence-electron chi connectivity index (χ4n) is 1.52. The molecule has 0 fully saturated rings. The van der Waals surface area contributed by atoms with Gasteiger partial charge in [0.15, 0.2) is 10.8 Å². The molecule has 1 aromatic heterocycles. The molecule has 1 aromatic carbocycles. The van der Waals surface area contributed by atoms with Crippen LogP contribution in [-0.2, 0) is 9.84 Å². The first-order chi connectivity index (χ1) is 10.3. The van der Waals surface area contributed by atoms with Crippen LogP contribution in [-0.4, -0.2) is 14.3 Å². The smallest absolute Gasteiger partial charge is 0.291 e. The lowest BCUT2D eigenvalue weighted by atomic mass is 10.4. The van der Waals surface area contributed by atoms with Crippen LogP contribution < -0.4 is 5.32 Å². The number of nitrogens with one attached hydrogen (secondary N) is 1. The maximum atomic E-state index is 12.9. The number of amides is 1. The summed E-state index contributed by atoms with van der Waals surface area (Å²) in [6.45, 7) is 0. The van der Waals surface area contributed by atoms with Gasteiger partial charge in [-0.15, -0.1) is 0 Å². The Labute approximate surface area is 135 Å². The molecule has 0 aliphatic rings. The van der Waals surface area contributed by atoms with E-state index < -0.39 is 31.1 Å². The average Bonchev–Trinajstić information content (AvgIpc) is 2.98. The SMILES string of the molecule is O=C(NC(=C(Cl)Cl)S(=O)(=O)c1ccc(F)cc1)c1ccco1. The van der Waals surface area contributed by atoms with Gasteiger partial charge in [-0.25, -0.2) is 12.8 Å². The van der Waals surface area contributed by atoms with Crippen molar-refractivity contribution in [3.63, 3.8) is 0 Å². The van der Waals surface area contributed by atoms with Crippen molar-refractivity contribution >= 4 is 38.9 Å². The van der Waals surface area contributed by atoms with Gasteiger partial charge in [-0.05, 0) is 36.4 Å². The summed E-state index contributed by atoms with van der Waals surface area (Å²) in [5.74, 6) is -1.58. The highest BCUT2D eigenvalue weighted by atomic mass is 35.5. The number of carbonyl (C=O) groups is 1. The number of rotatable bonds is 4. The minimum atomic E-state index is -4.23. The molecule has 2 rings (SSSR count). The molecule has 5 nitrogen and oxygen atoms in total. The molecule has 0 saturated carbocycles. The van der Waals surface area contributed by atoms with E-state index in [4.69, 9.17) is 27.6 Å². The normalized spacial score (nSPS) is 11.0. The Balaban J connectivity index is 2.38. The van der Waals surface area contributed by atoms with Crippen LogP contribution in [0.1, 0.15) is 10.6 Å². The summed E-state index contributed by atoms with van der Waals surface area (Å²) in [5.41, 5.74) is 0. The number of furan rings is 1. The van der Waals surface area contributed by atoms with Crippen molar-refractivity contribution in [2.45, 2.75) is 4.90 Å². The standard InChI is InChI=1S/C13H8Cl2FNO4S/c14-11(15)13(17-12(18)10-2-1-7-21-10)22(19,20)9-5-3-8(16)4-6-9/h1-7H,(H,17,18). The fourth-order valence-corrected chi connectivity index (χ4v) is 3.38. The molecule has 0 aliphatic carbocycles. The fraction of sp³-hybridized carbons (Fsp3) is 0. The van der Waals surface area contributed by atoms with Gasteiger partial charge in [-0.3, -0.25) is 4.79 Å². The number of halogens is 3. The second kappa shape index (κ2) is 6.51. The molecular formula is C13H8Cl2FNO4S. The third-order valence-corrected chi connectivity index (χ3v) is 4.87. The van der Waals surface area contributed by atoms with E-state index in [0.29, 0.717) is 0 Å². The van der Waals surface area contributed by atoms with Gasteiger partial charge in [0.05, 0.1) is 11.2 Å². The van der Waals surface area contributed by atoms with E-state index in [0.717, 1.165) is 24.3 Å². The molecule has 2 aromatic rings. The maximum Gasteiger partial charge on any atom is 0.291 e. The van der Waals surface area contributed by atoms with Gasteiger partial charge in [0.25, 0.3) is 5.91 Å². The van der Waals surface area contributed by atoms with Crippen LogP contribution in [0, 0.1) is 5.82 Å². The molecule has 1 amide bonds. The van der Waals surface area contributed by atoms with Crippen LogP contribution in [0.25, 0.3) is 0 Å². The van der Waals surface area contributed by atoms with Gasteiger partial charge in [0.2, 0.25) is 9.84 Å². The molecule has 1 N–H and O–H groups in total. The van der Waals surface area contributed by atoms with Crippen molar-refractivity contribution in [2.75, 3.05) is 0 Å². The van der Waals surface area contributed by atoms with Crippen molar-refractivity contribution in [1.82, 2.24) is 5.32 Å². The molecule has 0 aliphatic heterocycles. The monoisotopic (exact) mass is 363 g/mol. The zero-order valence-electron chi connectivity index (χ0n) is 10.7. The van der Waals surface area contributed by atoms with Gasteiger partial charge < -0.3 is 9.73 Å². The molecule has 0 atom stereocenters. The van der Waals surface area contributed by atoms with E-state index in [9.17, 15) is 17.6 Å². The van der Waals surface area contributed by atoms with Crippen LogP contribution >= 0.6 is 23.2 Å². The summed E-state index contributed by atoms with van der Waals surface area (Å²) in [4.78, 5) is 11.6. The van der Waals surface area contributed by atoms with Gasteiger partial charge in [-0.2, -0.15) is 0 Å². The third-order valence-electron chi connectivity index (χ3n) is 2.54. The summed E-state index contributed by atoms with van der Waals surface area (Å²) in [6.07, 6.45) is 1.25. The Bertz CT molecular complexity index is 810. The lowest BCUT2D eigenvalue weighted by Crippen LogP contribution is -2.27. The average molecular weight is 364 g/mol. The number of benzene rings is 1. The molecular weight excluding hydrogens is 356 g/mol. The molecule has 0 saturated heterocycles. The van der Waals surface area contributed by atoms with E-state index in [1.54, 1.807) is 0 Å². The second-order valence-electron chi connectivity index (χ2n) is 3.98. The van der Waals surface area contributed by atoms with Crippen LogP contribution in [0.3, 0.4) is 0 Å². The van der Waals surface area contributed by atoms with Gasteiger partial charge >= 0.3 is 0 Å². The highest BCUT2D eigenvalue weighted by Crippen LogP contribution is 2.24. The highest BCUT2D eigenvalue weighted by molar-refractivity contribution is 7.95. The second-order valence-corrected chi connectivity index (χ2v) is 6.81. The molecule has 0 spiro atoms.